The molecule has 0 radical (unpaired) electrons. The fraction of sp³-hybridized carbons (Fsp3) is 0.385. The van der Waals surface area contributed by atoms with Gasteiger partial charge < -0.3 is 16.0 Å². The number of rotatable bonds is 3. The van der Waals surface area contributed by atoms with Crippen LogP contribution in [-0.4, -0.2) is 36.3 Å². The first-order valence-electron chi connectivity index (χ1n) is 6.19. The number of halogens is 1. The topological polar surface area (TPSA) is 75.4 Å². The smallest absolute Gasteiger partial charge is 0.251 e. The Balaban J connectivity index is 1.90. The van der Waals surface area contributed by atoms with E-state index in [9.17, 15) is 14.0 Å². The lowest BCUT2D eigenvalue weighted by atomic mass is 10.2. The number of hydrogen-bond donors (Lipinski definition) is 2. The summed E-state index contributed by atoms with van der Waals surface area (Å²) in [5.74, 6) is -1.09. The lowest BCUT2D eigenvalue weighted by Gasteiger charge is -2.15. The number of benzene rings is 1. The summed E-state index contributed by atoms with van der Waals surface area (Å²) in [7, 11) is 0. The predicted octanol–water partition coefficient (Wildman–Crippen LogP) is 0.760. The van der Waals surface area contributed by atoms with Crippen LogP contribution in [0.25, 0.3) is 0 Å². The molecule has 19 heavy (non-hydrogen) atoms. The van der Waals surface area contributed by atoms with Crippen LogP contribution in [0.3, 0.4) is 0 Å². The van der Waals surface area contributed by atoms with Crippen molar-refractivity contribution >= 4 is 17.5 Å². The molecule has 102 valence electrons. The Hall–Kier alpha value is -2.11. The van der Waals surface area contributed by atoms with Gasteiger partial charge in [0.25, 0.3) is 5.91 Å². The summed E-state index contributed by atoms with van der Waals surface area (Å²) < 4.78 is 13.0. The molecule has 1 aromatic rings. The second-order valence-electron chi connectivity index (χ2n) is 4.51. The molecular weight excluding hydrogens is 249 g/mol. The third-order valence-corrected chi connectivity index (χ3v) is 3.12. The molecule has 0 unspecified atom stereocenters. The van der Waals surface area contributed by atoms with E-state index in [-0.39, 0.29) is 23.7 Å². The summed E-state index contributed by atoms with van der Waals surface area (Å²) in [6, 6.07) is 3.72. The number of nitrogen functional groups attached to an aromatic ring is 1. The van der Waals surface area contributed by atoms with Crippen LogP contribution in [0.5, 0.6) is 0 Å². The first-order valence-corrected chi connectivity index (χ1v) is 6.19. The molecule has 2 rings (SSSR count). The molecule has 5 nitrogen and oxygen atoms in total. The van der Waals surface area contributed by atoms with Crippen LogP contribution >= 0.6 is 0 Å². The number of carbonyl (C=O) groups excluding carboxylic acids is 2. The first-order chi connectivity index (χ1) is 9.08. The van der Waals surface area contributed by atoms with Gasteiger partial charge in [-0.2, -0.15) is 0 Å². The van der Waals surface area contributed by atoms with Gasteiger partial charge in [-0.3, -0.25) is 9.59 Å². The molecule has 0 aromatic heterocycles. The van der Waals surface area contributed by atoms with Crippen molar-refractivity contribution in [3.05, 3.63) is 29.6 Å². The molecule has 6 heteroatoms. The highest BCUT2D eigenvalue weighted by Gasteiger charge is 2.18. The van der Waals surface area contributed by atoms with Crippen LogP contribution < -0.4 is 11.1 Å². The summed E-state index contributed by atoms with van der Waals surface area (Å²) in [5.41, 5.74) is 5.54. The van der Waals surface area contributed by atoms with Gasteiger partial charge in [-0.1, -0.05) is 0 Å². The van der Waals surface area contributed by atoms with Gasteiger partial charge in [0.05, 0.1) is 12.2 Å². The van der Waals surface area contributed by atoms with Crippen molar-refractivity contribution in [2.75, 3.05) is 25.4 Å². The summed E-state index contributed by atoms with van der Waals surface area (Å²) in [6.07, 6.45) is 2.02. The number of likely N-dealkylation sites (tertiary alicyclic amines) is 1. The molecule has 0 saturated carbocycles. The molecule has 1 aliphatic rings. The highest BCUT2D eigenvalue weighted by atomic mass is 19.1. The summed E-state index contributed by atoms with van der Waals surface area (Å²) in [4.78, 5) is 25.2. The second-order valence-corrected chi connectivity index (χ2v) is 4.51. The number of anilines is 1. The molecule has 0 atom stereocenters. The SMILES string of the molecule is Nc1cc(C(=O)NCC(=O)N2CCCC2)ccc1F. The Kier molecular flexibility index (Phi) is 3.99. The number of nitrogens with one attached hydrogen (secondary N) is 1. The molecule has 1 saturated heterocycles. The summed E-state index contributed by atoms with van der Waals surface area (Å²) >= 11 is 0. The Morgan fingerprint density at radius 1 is 1.32 bits per heavy atom. The Bertz CT molecular complexity index is 499. The minimum atomic E-state index is -0.565. The Morgan fingerprint density at radius 3 is 2.63 bits per heavy atom. The van der Waals surface area contributed by atoms with Crippen molar-refractivity contribution in [3.63, 3.8) is 0 Å². The maximum absolute atomic E-state index is 13.0. The fourth-order valence-electron chi connectivity index (χ4n) is 2.02. The van der Waals surface area contributed by atoms with Gasteiger partial charge >= 0.3 is 0 Å². The van der Waals surface area contributed by atoms with Crippen molar-refractivity contribution < 1.29 is 14.0 Å². The van der Waals surface area contributed by atoms with Gasteiger partial charge in [-0.05, 0) is 31.0 Å². The van der Waals surface area contributed by atoms with Crippen LogP contribution in [0.15, 0.2) is 18.2 Å². The Labute approximate surface area is 110 Å². The first kappa shape index (κ1) is 13.3. The highest BCUT2D eigenvalue weighted by Crippen LogP contribution is 2.12. The van der Waals surface area contributed by atoms with Gasteiger partial charge in [0.15, 0.2) is 0 Å². The van der Waals surface area contributed by atoms with E-state index in [4.69, 9.17) is 5.73 Å². The molecular formula is C13H16FN3O2. The molecule has 1 fully saturated rings. The summed E-state index contributed by atoms with van der Waals surface area (Å²) in [5, 5.41) is 2.51. The van der Waals surface area contributed by atoms with Crippen LogP contribution in [0.1, 0.15) is 23.2 Å². The normalized spacial score (nSPS) is 14.5. The number of amides is 2. The quantitative estimate of drug-likeness (QED) is 0.792. The minimum absolute atomic E-state index is 0.0455. The van der Waals surface area contributed by atoms with E-state index in [1.807, 2.05) is 0 Å². The molecule has 1 aromatic carbocycles. The van der Waals surface area contributed by atoms with E-state index in [0.29, 0.717) is 0 Å². The van der Waals surface area contributed by atoms with Crippen molar-refractivity contribution in [1.82, 2.24) is 10.2 Å². The maximum atomic E-state index is 13.0. The average molecular weight is 265 g/mol. The lowest BCUT2D eigenvalue weighted by Crippen LogP contribution is -2.38. The van der Waals surface area contributed by atoms with E-state index in [1.165, 1.54) is 12.1 Å². The minimum Gasteiger partial charge on any atom is -0.396 e. The molecule has 0 aliphatic carbocycles. The fourth-order valence-corrected chi connectivity index (χ4v) is 2.02. The van der Waals surface area contributed by atoms with E-state index in [0.717, 1.165) is 32.0 Å². The number of carbonyl (C=O) groups is 2. The zero-order chi connectivity index (χ0) is 13.8. The van der Waals surface area contributed by atoms with Crippen molar-refractivity contribution in [2.45, 2.75) is 12.8 Å². The molecule has 0 spiro atoms. The van der Waals surface area contributed by atoms with Crippen LogP contribution in [0.4, 0.5) is 10.1 Å². The van der Waals surface area contributed by atoms with Crippen molar-refractivity contribution in [1.29, 1.82) is 0 Å². The van der Waals surface area contributed by atoms with Gasteiger partial charge in [-0.15, -0.1) is 0 Å². The van der Waals surface area contributed by atoms with Crippen molar-refractivity contribution in [2.24, 2.45) is 0 Å². The number of nitrogens with two attached hydrogens (primary N) is 1. The zero-order valence-electron chi connectivity index (χ0n) is 10.5. The molecule has 1 heterocycles. The largest absolute Gasteiger partial charge is 0.396 e. The number of nitrogens with zero attached hydrogens (tertiary/aromatic N) is 1. The zero-order valence-corrected chi connectivity index (χ0v) is 10.5. The van der Waals surface area contributed by atoms with Gasteiger partial charge in [0.2, 0.25) is 5.91 Å². The van der Waals surface area contributed by atoms with E-state index < -0.39 is 11.7 Å². The van der Waals surface area contributed by atoms with Gasteiger partial charge in [0, 0.05) is 18.7 Å². The summed E-state index contributed by atoms with van der Waals surface area (Å²) in [6.45, 7) is 1.45. The van der Waals surface area contributed by atoms with Crippen molar-refractivity contribution in [3.8, 4) is 0 Å². The molecule has 1 aliphatic heterocycles. The number of hydrogen-bond acceptors (Lipinski definition) is 3. The standard InChI is InChI=1S/C13H16FN3O2/c14-10-4-3-9(7-11(10)15)13(19)16-8-12(18)17-5-1-2-6-17/h3-4,7H,1-2,5-6,8,15H2,(H,16,19). The van der Waals surface area contributed by atoms with Crippen LogP contribution in [0, 0.1) is 5.82 Å². The van der Waals surface area contributed by atoms with E-state index in [2.05, 4.69) is 5.32 Å². The molecule has 3 N–H and O–H groups in total. The van der Waals surface area contributed by atoms with Crippen LogP contribution in [-0.2, 0) is 4.79 Å². The lowest BCUT2D eigenvalue weighted by molar-refractivity contribution is -0.129. The van der Waals surface area contributed by atoms with Crippen LogP contribution in [0.2, 0.25) is 0 Å². The molecule has 2 amide bonds. The van der Waals surface area contributed by atoms with Gasteiger partial charge in [-0.25, -0.2) is 4.39 Å². The second kappa shape index (κ2) is 5.69. The third-order valence-electron chi connectivity index (χ3n) is 3.12. The third kappa shape index (κ3) is 3.21. The average Bonchev–Trinajstić information content (AvgIpc) is 2.92. The van der Waals surface area contributed by atoms with E-state index >= 15 is 0 Å². The molecule has 0 bridgehead atoms. The van der Waals surface area contributed by atoms with E-state index in [1.54, 1.807) is 4.90 Å². The monoisotopic (exact) mass is 265 g/mol. The van der Waals surface area contributed by atoms with Gasteiger partial charge in [0.1, 0.15) is 5.82 Å². The predicted molar refractivity (Wildman–Crippen MR) is 69.0 cm³/mol. The maximum Gasteiger partial charge on any atom is 0.251 e. The Morgan fingerprint density at radius 2 is 2.00 bits per heavy atom. The highest BCUT2D eigenvalue weighted by molar-refractivity contribution is 5.97.